The summed E-state index contributed by atoms with van der Waals surface area (Å²) < 4.78 is 1.76. The number of amides is 1. The van der Waals surface area contributed by atoms with Crippen molar-refractivity contribution in [1.29, 1.82) is 0 Å². The van der Waals surface area contributed by atoms with Crippen molar-refractivity contribution < 1.29 is 4.79 Å². The molecule has 0 aromatic carbocycles. The van der Waals surface area contributed by atoms with Crippen LogP contribution in [0.15, 0.2) is 36.9 Å². The molecule has 0 aliphatic carbocycles. The molecule has 7 nitrogen and oxygen atoms in total. The molecule has 2 N–H and O–H groups in total. The summed E-state index contributed by atoms with van der Waals surface area (Å²) in [5.74, 6) is 0.592. The molecule has 4 rings (SSSR count). The maximum Gasteiger partial charge on any atom is 0.229 e. The fourth-order valence-corrected chi connectivity index (χ4v) is 3.13. The highest BCUT2D eigenvalue weighted by Gasteiger charge is 2.21. The molecule has 1 aliphatic heterocycles. The second-order valence-electron chi connectivity index (χ2n) is 6.42. The Morgan fingerprint density at radius 1 is 1.24 bits per heavy atom. The number of pyridine rings is 2. The van der Waals surface area contributed by atoms with Gasteiger partial charge >= 0.3 is 0 Å². The number of hydrogen-bond donors (Lipinski definition) is 2. The average Bonchev–Trinajstić information content (AvgIpc) is 3.08. The molecule has 1 saturated heterocycles. The molecule has 1 amide bonds. The van der Waals surface area contributed by atoms with Crippen molar-refractivity contribution in [3.63, 3.8) is 0 Å². The zero-order chi connectivity index (χ0) is 17.2. The van der Waals surface area contributed by atoms with Crippen LogP contribution in [-0.2, 0) is 11.8 Å². The molecule has 3 aromatic rings. The van der Waals surface area contributed by atoms with Gasteiger partial charge in [0, 0.05) is 42.5 Å². The molecular formula is C18H20N6O. The molecule has 1 atom stereocenters. The summed E-state index contributed by atoms with van der Waals surface area (Å²) in [6.07, 6.45) is 9.20. The van der Waals surface area contributed by atoms with Gasteiger partial charge in [0.25, 0.3) is 0 Å². The lowest BCUT2D eigenvalue weighted by atomic mass is 9.99. The van der Waals surface area contributed by atoms with Gasteiger partial charge < -0.3 is 10.6 Å². The van der Waals surface area contributed by atoms with Gasteiger partial charge in [0.2, 0.25) is 5.91 Å². The van der Waals surface area contributed by atoms with Crippen LogP contribution in [0.4, 0.5) is 5.82 Å². The molecule has 1 fully saturated rings. The predicted molar refractivity (Wildman–Crippen MR) is 96.0 cm³/mol. The first-order valence-electron chi connectivity index (χ1n) is 8.45. The Morgan fingerprint density at radius 3 is 2.92 bits per heavy atom. The lowest BCUT2D eigenvalue weighted by Crippen LogP contribution is -2.37. The quantitative estimate of drug-likeness (QED) is 0.764. The lowest BCUT2D eigenvalue weighted by molar-refractivity contribution is -0.120. The van der Waals surface area contributed by atoms with Crippen molar-refractivity contribution in [1.82, 2.24) is 25.1 Å². The second-order valence-corrected chi connectivity index (χ2v) is 6.42. The highest BCUT2D eigenvalue weighted by molar-refractivity contribution is 5.94. The molecule has 25 heavy (non-hydrogen) atoms. The molecule has 1 unspecified atom stereocenters. The third kappa shape index (κ3) is 3.36. The zero-order valence-electron chi connectivity index (χ0n) is 14.1. The van der Waals surface area contributed by atoms with Gasteiger partial charge in [-0.15, -0.1) is 0 Å². The number of hydrogen-bond acceptors (Lipinski definition) is 5. The zero-order valence-corrected chi connectivity index (χ0v) is 14.1. The van der Waals surface area contributed by atoms with Gasteiger partial charge in [-0.2, -0.15) is 5.10 Å². The highest BCUT2D eigenvalue weighted by atomic mass is 16.2. The van der Waals surface area contributed by atoms with Crippen LogP contribution < -0.4 is 10.6 Å². The third-order valence-corrected chi connectivity index (χ3v) is 4.52. The van der Waals surface area contributed by atoms with E-state index in [-0.39, 0.29) is 11.8 Å². The Balaban J connectivity index is 1.59. The van der Waals surface area contributed by atoms with Crippen molar-refractivity contribution >= 4 is 22.6 Å². The number of nitrogens with one attached hydrogen (secondary N) is 2. The number of carbonyl (C=O) groups is 1. The Kier molecular flexibility index (Phi) is 4.15. The number of rotatable bonds is 3. The van der Waals surface area contributed by atoms with E-state index in [1.807, 2.05) is 37.8 Å². The van der Waals surface area contributed by atoms with Crippen LogP contribution >= 0.6 is 0 Å². The Hall–Kier alpha value is -2.80. The summed E-state index contributed by atoms with van der Waals surface area (Å²) in [5.41, 5.74) is 2.79. The number of carbonyl (C=O) groups excluding carboxylic acids is 1. The van der Waals surface area contributed by atoms with Crippen LogP contribution in [0.25, 0.3) is 22.0 Å². The minimum absolute atomic E-state index is 0.00565. The molecule has 7 heteroatoms. The number of nitrogens with zero attached hydrogens (tertiary/aromatic N) is 4. The number of aryl methyl sites for hydroxylation is 1. The van der Waals surface area contributed by atoms with Crippen molar-refractivity contribution in [3.05, 3.63) is 36.9 Å². The van der Waals surface area contributed by atoms with E-state index in [4.69, 9.17) is 0 Å². The highest BCUT2D eigenvalue weighted by Crippen LogP contribution is 2.23. The smallest absolute Gasteiger partial charge is 0.229 e. The first kappa shape index (κ1) is 15.7. The van der Waals surface area contributed by atoms with E-state index in [0.29, 0.717) is 5.82 Å². The first-order chi connectivity index (χ1) is 12.2. The molecule has 0 radical (unpaired) electrons. The summed E-state index contributed by atoms with van der Waals surface area (Å²) >= 11 is 0. The van der Waals surface area contributed by atoms with E-state index in [2.05, 4.69) is 25.7 Å². The van der Waals surface area contributed by atoms with Gasteiger partial charge in [0.15, 0.2) is 0 Å². The molecule has 0 bridgehead atoms. The summed E-state index contributed by atoms with van der Waals surface area (Å²) in [7, 11) is 1.88. The first-order valence-corrected chi connectivity index (χ1v) is 8.45. The minimum atomic E-state index is 0.00565. The maximum atomic E-state index is 12.4. The standard InChI is InChI=1S/C18H20N6O/c1-24-11-15(9-22-24)14-5-13-6-17(21-10-16(13)20-8-14)23-18(25)12-3-2-4-19-7-12/h5-6,8-12,19H,2-4,7H2,1H3,(H,21,23,25). The van der Waals surface area contributed by atoms with Gasteiger partial charge in [0.1, 0.15) is 5.82 Å². The SMILES string of the molecule is Cn1cc(-c2cnc3cnc(NC(=O)C4CCCNC4)cc3c2)cn1. The van der Waals surface area contributed by atoms with Crippen LogP contribution in [-0.4, -0.2) is 38.7 Å². The fraction of sp³-hybridized carbons (Fsp3) is 0.333. The van der Waals surface area contributed by atoms with Gasteiger partial charge in [0.05, 0.1) is 23.8 Å². The molecule has 0 saturated carbocycles. The largest absolute Gasteiger partial charge is 0.316 e. The number of anilines is 1. The molecule has 3 aromatic heterocycles. The van der Waals surface area contributed by atoms with Gasteiger partial charge in [-0.25, -0.2) is 4.98 Å². The number of piperidine rings is 1. The van der Waals surface area contributed by atoms with E-state index in [1.165, 1.54) is 0 Å². The van der Waals surface area contributed by atoms with Crippen LogP contribution in [0.2, 0.25) is 0 Å². The number of fused-ring (bicyclic) bond motifs is 1. The average molecular weight is 336 g/mol. The minimum Gasteiger partial charge on any atom is -0.316 e. The summed E-state index contributed by atoms with van der Waals surface area (Å²) in [6, 6.07) is 3.91. The van der Waals surface area contributed by atoms with E-state index < -0.39 is 0 Å². The topological polar surface area (TPSA) is 84.7 Å². The maximum absolute atomic E-state index is 12.4. The van der Waals surface area contributed by atoms with Crippen LogP contribution in [0.1, 0.15) is 12.8 Å². The lowest BCUT2D eigenvalue weighted by Gasteiger charge is -2.21. The normalized spacial score (nSPS) is 17.6. The molecule has 4 heterocycles. The van der Waals surface area contributed by atoms with Crippen LogP contribution in [0.3, 0.4) is 0 Å². The molecule has 128 valence electrons. The van der Waals surface area contributed by atoms with Gasteiger partial charge in [-0.1, -0.05) is 0 Å². The third-order valence-electron chi connectivity index (χ3n) is 4.52. The Labute approximate surface area is 145 Å². The van der Waals surface area contributed by atoms with E-state index in [9.17, 15) is 4.79 Å². The van der Waals surface area contributed by atoms with Crippen molar-refractivity contribution in [2.75, 3.05) is 18.4 Å². The van der Waals surface area contributed by atoms with Crippen molar-refractivity contribution in [2.45, 2.75) is 12.8 Å². The van der Waals surface area contributed by atoms with Crippen LogP contribution in [0.5, 0.6) is 0 Å². The van der Waals surface area contributed by atoms with E-state index in [1.54, 1.807) is 10.9 Å². The molecule has 1 aliphatic rings. The number of aromatic nitrogens is 4. The molecular weight excluding hydrogens is 316 g/mol. The Morgan fingerprint density at radius 2 is 2.16 bits per heavy atom. The van der Waals surface area contributed by atoms with Crippen molar-refractivity contribution in [2.24, 2.45) is 13.0 Å². The Bertz CT molecular complexity index is 913. The van der Waals surface area contributed by atoms with Gasteiger partial charge in [-0.3, -0.25) is 14.5 Å². The fourth-order valence-electron chi connectivity index (χ4n) is 3.13. The van der Waals surface area contributed by atoms with E-state index in [0.717, 1.165) is 48.0 Å². The van der Waals surface area contributed by atoms with Crippen LogP contribution in [0, 0.1) is 5.92 Å². The van der Waals surface area contributed by atoms with Gasteiger partial charge in [-0.05, 0) is 31.5 Å². The summed E-state index contributed by atoms with van der Waals surface area (Å²) in [4.78, 5) is 21.1. The summed E-state index contributed by atoms with van der Waals surface area (Å²) in [5, 5.41) is 11.3. The second kappa shape index (κ2) is 6.60. The predicted octanol–water partition coefficient (Wildman–Crippen LogP) is 1.97. The monoisotopic (exact) mass is 336 g/mol. The van der Waals surface area contributed by atoms with Crippen molar-refractivity contribution in [3.8, 4) is 11.1 Å². The molecule has 0 spiro atoms. The summed E-state index contributed by atoms with van der Waals surface area (Å²) in [6.45, 7) is 1.72. The van der Waals surface area contributed by atoms with E-state index >= 15 is 0 Å².